The predicted molar refractivity (Wildman–Crippen MR) is 50.8 cm³/mol. The first-order valence-corrected chi connectivity index (χ1v) is 5.68. The van der Waals surface area contributed by atoms with E-state index in [2.05, 4.69) is 24.0 Å². The highest BCUT2D eigenvalue weighted by atomic mass is 32.2. The minimum absolute atomic E-state index is 0.520. The fraction of sp³-hybridized carbons (Fsp3) is 1.00. The monoisotopic (exact) mass is 171 g/mol. The molecule has 11 heavy (non-hydrogen) atoms. The number of rotatable bonds is 0. The van der Waals surface area contributed by atoms with E-state index in [-0.39, 0.29) is 0 Å². The molecule has 0 radical (unpaired) electrons. The lowest BCUT2D eigenvalue weighted by Crippen LogP contribution is -2.40. The largest absolute Gasteiger partial charge is 0.302 e. The highest BCUT2D eigenvalue weighted by Gasteiger charge is 2.36. The second-order valence-electron chi connectivity index (χ2n) is 3.95. The molecule has 0 atom stereocenters. The SMILES string of the molecule is CC1CCC2(CC1)NCCS2. The van der Waals surface area contributed by atoms with Crippen LogP contribution in [0.15, 0.2) is 0 Å². The lowest BCUT2D eigenvalue weighted by Gasteiger charge is -2.35. The van der Waals surface area contributed by atoms with E-state index < -0.39 is 0 Å². The first-order valence-electron chi connectivity index (χ1n) is 4.70. The second kappa shape index (κ2) is 2.98. The summed E-state index contributed by atoms with van der Waals surface area (Å²) in [6, 6.07) is 0. The average Bonchev–Trinajstić information content (AvgIpc) is 2.45. The van der Waals surface area contributed by atoms with Crippen LogP contribution in [-0.4, -0.2) is 17.2 Å². The van der Waals surface area contributed by atoms with Crippen molar-refractivity contribution in [2.75, 3.05) is 12.3 Å². The molecule has 2 aliphatic rings. The summed E-state index contributed by atoms with van der Waals surface area (Å²) in [4.78, 5) is 0.520. The van der Waals surface area contributed by atoms with Gasteiger partial charge in [-0.1, -0.05) is 6.92 Å². The van der Waals surface area contributed by atoms with Gasteiger partial charge in [0.2, 0.25) is 0 Å². The van der Waals surface area contributed by atoms with Crippen molar-refractivity contribution in [2.24, 2.45) is 5.92 Å². The summed E-state index contributed by atoms with van der Waals surface area (Å²) < 4.78 is 0. The zero-order valence-electron chi connectivity index (χ0n) is 7.23. The molecule has 1 saturated carbocycles. The van der Waals surface area contributed by atoms with E-state index in [0.717, 1.165) is 5.92 Å². The number of thioether (sulfide) groups is 1. The van der Waals surface area contributed by atoms with E-state index in [1.54, 1.807) is 0 Å². The van der Waals surface area contributed by atoms with Crippen molar-refractivity contribution >= 4 is 11.8 Å². The van der Waals surface area contributed by atoms with Crippen LogP contribution in [-0.2, 0) is 0 Å². The maximum Gasteiger partial charge on any atom is 0.0646 e. The zero-order valence-corrected chi connectivity index (χ0v) is 8.04. The van der Waals surface area contributed by atoms with Crippen molar-refractivity contribution in [3.63, 3.8) is 0 Å². The maximum absolute atomic E-state index is 3.66. The van der Waals surface area contributed by atoms with Gasteiger partial charge in [-0.2, -0.15) is 0 Å². The van der Waals surface area contributed by atoms with E-state index >= 15 is 0 Å². The Balaban J connectivity index is 1.94. The molecule has 0 unspecified atom stereocenters. The molecule has 0 aromatic rings. The molecule has 64 valence electrons. The van der Waals surface area contributed by atoms with Crippen LogP contribution in [0.25, 0.3) is 0 Å². The molecule has 0 aromatic heterocycles. The van der Waals surface area contributed by atoms with Gasteiger partial charge >= 0.3 is 0 Å². The smallest absolute Gasteiger partial charge is 0.0646 e. The molecule has 2 heteroatoms. The van der Waals surface area contributed by atoms with Gasteiger partial charge in [0, 0.05) is 12.3 Å². The Morgan fingerprint density at radius 1 is 1.36 bits per heavy atom. The Hall–Kier alpha value is 0.310. The molecule has 0 bridgehead atoms. The van der Waals surface area contributed by atoms with Crippen LogP contribution in [0.4, 0.5) is 0 Å². The molecular weight excluding hydrogens is 154 g/mol. The molecule has 0 amide bonds. The number of nitrogens with one attached hydrogen (secondary N) is 1. The summed E-state index contributed by atoms with van der Waals surface area (Å²) in [5, 5.41) is 3.66. The summed E-state index contributed by atoms with van der Waals surface area (Å²) in [6.07, 6.45) is 5.66. The minimum atomic E-state index is 0.520. The third kappa shape index (κ3) is 1.57. The molecule has 2 rings (SSSR count). The van der Waals surface area contributed by atoms with Gasteiger partial charge in [-0.15, -0.1) is 11.8 Å². The van der Waals surface area contributed by atoms with E-state index in [9.17, 15) is 0 Å². The maximum atomic E-state index is 3.66. The first kappa shape index (κ1) is 7.93. The fourth-order valence-electron chi connectivity index (χ4n) is 2.13. The van der Waals surface area contributed by atoms with Crippen LogP contribution in [0.3, 0.4) is 0 Å². The Morgan fingerprint density at radius 2 is 2.09 bits per heavy atom. The third-order valence-corrected chi connectivity index (χ3v) is 4.52. The van der Waals surface area contributed by atoms with E-state index in [4.69, 9.17) is 0 Å². The lowest BCUT2D eigenvalue weighted by atomic mass is 9.87. The van der Waals surface area contributed by atoms with Crippen LogP contribution < -0.4 is 5.32 Å². The minimum Gasteiger partial charge on any atom is -0.302 e. The Morgan fingerprint density at radius 3 is 2.64 bits per heavy atom. The van der Waals surface area contributed by atoms with Crippen molar-refractivity contribution in [3.05, 3.63) is 0 Å². The van der Waals surface area contributed by atoms with Crippen molar-refractivity contribution in [3.8, 4) is 0 Å². The average molecular weight is 171 g/mol. The van der Waals surface area contributed by atoms with Gasteiger partial charge in [0.15, 0.2) is 0 Å². The van der Waals surface area contributed by atoms with Crippen molar-refractivity contribution < 1.29 is 0 Å². The fourth-order valence-corrected chi connectivity index (χ4v) is 3.45. The van der Waals surface area contributed by atoms with Gasteiger partial charge in [0.05, 0.1) is 4.87 Å². The standard InChI is InChI=1S/C9H17NS/c1-8-2-4-9(5-3-8)10-6-7-11-9/h8,10H,2-7H2,1H3. The first-order chi connectivity index (χ1) is 5.31. The summed E-state index contributed by atoms with van der Waals surface area (Å²) >= 11 is 2.16. The Bertz CT molecular complexity index is 130. The van der Waals surface area contributed by atoms with Crippen molar-refractivity contribution in [1.29, 1.82) is 0 Å². The van der Waals surface area contributed by atoms with Crippen LogP contribution in [0, 0.1) is 5.92 Å². The molecule has 0 aromatic carbocycles. The molecule has 2 fully saturated rings. The molecule has 1 heterocycles. The van der Waals surface area contributed by atoms with E-state index in [1.807, 2.05) is 0 Å². The molecule has 1 spiro atoms. The number of hydrogen-bond acceptors (Lipinski definition) is 2. The Kier molecular flexibility index (Phi) is 2.15. The topological polar surface area (TPSA) is 12.0 Å². The molecular formula is C9H17NS. The van der Waals surface area contributed by atoms with E-state index in [1.165, 1.54) is 38.0 Å². The van der Waals surface area contributed by atoms with Crippen LogP contribution in [0.2, 0.25) is 0 Å². The van der Waals surface area contributed by atoms with Gasteiger partial charge in [-0.25, -0.2) is 0 Å². The molecule has 1 aliphatic heterocycles. The summed E-state index contributed by atoms with van der Waals surface area (Å²) in [6.45, 7) is 3.62. The zero-order chi connectivity index (χ0) is 7.73. The van der Waals surface area contributed by atoms with E-state index in [0.29, 0.717) is 4.87 Å². The predicted octanol–water partition coefficient (Wildman–Crippen LogP) is 2.23. The summed E-state index contributed by atoms with van der Waals surface area (Å²) in [5.74, 6) is 2.30. The third-order valence-electron chi connectivity index (χ3n) is 3.01. The molecule has 1 N–H and O–H groups in total. The van der Waals surface area contributed by atoms with Crippen LogP contribution in [0.1, 0.15) is 32.6 Å². The summed E-state index contributed by atoms with van der Waals surface area (Å²) in [7, 11) is 0. The highest BCUT2D eigenvalue weighted by Crippen LogP contribution is 2.41. The highest BCUT2D eigenvalue weighted by molar-refractivity contribution is 8.00. The lowest BCUT2D eigenvalue weighted by molar-refractivity contribution is 0.293. The molecule has 1 aliphatic carbocycles. The Labute approximate surface area is 73.3 Å². The van der Waals surface area contributed by atoms with Gasteiger partial charge in [0.25, 0.3) is 0 Å². The van der Waals surface area contributed by atoms with Gasteiger partial charge in [-0.05, 0) is 31.6 Å². The van der Waals surface area contributed by atoms with Gasteiger partial charge < -0.3 is 5.32 Å². The van der Waals surface area contributed by atoms with Crippen LogP contribution >= 0.6 is 11.8 Å². The second-order valence-corrected chi connectivity index (χ2v) is 5.43. The van der Waals surface area contributed by atoms with Crippen molar-refractivity contribution in [2.45, 2.75) is 37.5 Å². The van der Waals surface area contributed by atoms with Crippen LogP contribution in [0.5, 0.6) is 0 Å². The van der Waals surface area contributed by atoms with Gasteiger partial charge in [-0.3, -0.25) is 0 Å². The quantitative estimate of drug-likeness (QED) is 0.600. The van der Waals surface area contributed by atoms with Crippen molar-refractivity contribution in [1.82, 2.24) is 5.32 Å². The number of hydrogen-bond donors (Lipinski definition) is 1. The summed E-state index contributed by atoms with van der Waals surface area (Å²) in [5.41, 5.74) is 0. The molecule has 1 saturated heterocycles. The van der Waals surface area contributed by atoms with Gasteiger partial charge in [0.1, 0.15) is 0 Å². The molecule has 1 nitrogen and oxygen atoms in total. The normalized spacial score (nSPS) is 45.0.